The SMILES string of the molecule is CC(C)C(C)C(=O)OC(OCCCC(F)(F)C(F)(F)S(=O)(=O)O)(C(=O)N(C(C)C)C(C)C)C(F)(F)F. The predicted molar refractivity (Wildman–Crippen MR) is 113 cm³/mol. The van der Waals surface area contributed by atoms with E-state index in [1.54, 1.807) is 0 Å². The van der Waals surface area contributed by atoms with Crippen molar-refractivity contribution in [2.75, 3.05) is 6.61 Å². The average molecular weight is 564 g/mol. The number of alkyl halides is 7. The maximum atomic E-state index is 14.3. The second-order valence-electron chi connectivity index (χ2n) is 9.12. The molecule has 1 amide bonds. The molecule has 0 aliphatic carbocycles. The summed E-state index contributed by atoms with van der Waals surface area (Å²) in [6.45, 7) is 8.14. The second kappa shape index (κ2) is 11.8. The van der Waals surface area contributed by atoms with Crippen LogP contribution in [0.3, 0.4) is 0 Å². The Labute approximate surface area is 205 Å². The topological polar surface area (TPSA) is 110 Å². The molecule has 2 atom stereocenters. The van der Waals surface area contributed by atoms with Crippen molar-refractivity contribution in [3.63, 3.8) is 0 Å². The molecule has 0 rings (SSSR count). The van der Waals surface area contributed by atoms with Crippen LogP contribution in [0.1, 0.15) is 61.3 Å². The molecular formula is C20H32F7NO7S. The van der Waals surface area contributed by atoms with Crippen molar-refractivity contribution in [3.8, 4) is 0 Å². The van der Waals surface area contributed by atoms with Crippen LogP contribution in [0.4, 0.5) is 30.7 Å². The molecule has 0 bridgehead atoms. The molecule has 0 spiro atoms. The summed E-state index contributed by atoms with van der Waals surface area (Å²) in [5.74, 6) is -14.8. The first-order valence-corrected chi connectivity index (χ1v) is 12.3. The zero-order valence-electron chi connectivity index (χ0n) is 20.8. The lowest BCUT2D eigenvalue weighted by Gasteiger charge is -2.41. The summed E-state index contributed by atoms with van der Waals surface area (Å²) >= 11 is 0. The summed E-state index contributed by atoms with van der Waals surface area (Å²) in [6.07, 6.45) is -9.14. The summed E-state index contributed by atoms with van der Waals surface area (Å²) in [5.41, 5.74) is 0. The van der Waals surface area contributed by atoms with E-state index in [4.69, 9.17) is 4.55 Å². The molecule has 0 aliphatic rings. The highest BCUT2D eigenvalue weighted by Gasteiger charge is 2.68. The number of hydrogen-bond donors (Lipinski definition) is 1. The minimum Gasteiger partial charge on any atom is -0.415 e. The van der Waals surface area contributed by atoms with Crippen molar-refractivity contribution in [3.05, 3.63) is 0 Å². The summed E-state index contributed by atoms with van der Waals surface area (Å²) in [7, 11) is -6.56. The maximum Gasteiger partial charge on any atom is 0.466 e. The van der Waals surface area contributed by atoms with Gasteiger partial charge in [0.15, 0.2) is 0 Å². The van der Waals surface area contributed by atoms with E-state index in [9.17, 15) is 48.7 Å². The fourth-order valence-corrected chi connectivity index (χ4v) is 3.46. The van der Waals surface area contributed by atoms with Gasteiger partial charge >= 0.3 is 45.1 Å². The van der Waals surface area contributed by atoms with E-state index in [1.807, 2.05) is 0 Å². The number of hydrogen-bond acceptors (Lipinski definition) is 6. The molecule has 0 aliphatic heterocycles. The van der Waals surface area contributed by atoms with Crippen molar-refractivity contribution in [1.29, 1.82) is 0 Å². The van der Waals surface area contributed by atoms with Crippen LogP contribution in [-0.2, 0) is 29.2 Å². The van der Waals surface area contributed by atoms with Crippen molar-refractivity contribution in [2.24, 2.45) is 11.8 Å². The Morgan fingerprint density at radius 2 is 1.33 bits per heavy atom. The molecule has 2 unspecified atom stereocenters. The van der Waals surface area contributed by atoms with Gasteiger partial charge in [0, 0.05) is 18.5 Å². The minimum absolute atomic E-state index is 0.536. The van der Waals surface area contributed by atoms with E-state index in [2.05, 4.69) is 9.47 Å². The van der Waals surface area contributed by atoms with Gasteiger partial charge in [-0.3, -0.25) is 14.1 Å². The Morgan fingerprint density at radius 3 is 1.67 bits per heavy atom. The van der Waals surface area contributed by atoms with Crippen LogP contribution in [-0.4, -0.2) is 71.6 Å². The van der Waals surface area contributed by atoms with Gasteiger partial charge in [-0.1, -0.05) is 20.8 Å². The molecule has 8 nitrogen and oxygen atoms in total. The van der Waals surface area contributed by atoms with Crippen molar-refractivity contribution in [2.45, 2.75) is 96.5 Å². The van der Waals surface area contributed by atoms with Gasteiger partial charge in [0.2, 0.25) is 0 Å². The third-order valence-corrected chi connectivity index (χ3v) is 6.25. The molecule has 0 aromatic rings. The van der Waals surface area contributed by atoms with Crippen LogP contribution in [0, 0.1) is 11.8 Å². The standard InChI is InChI=1S/C20H32F7NO7S/c1-11(2)14(7)15(29)35-18(19(23,24)25,16(30)28(12(3)4)13(5)6)34-10-8-9-17(21,22)20(26,27)36(31,32)33/h11-14H,8-10H2,1-7H3,(H,31,32,33). The molecule has 0 aromatic carbocycles. The summed E-state index contributed by atoms with van der Waals surface area (Å²) in [4.78, 5) is 26.3. The largest absolute Gasteiger partial charge is 0.466 e. The van der Waals surface area contributed by atoms with Gasteiger partial charge in [0.25, 0.3) is 0 Å². The molecule has 0 heterocycles. The van der Waals surface area contributed by atoms with Crippen LogP contribution < -0.4 is 0 Å². The fourth-order valence-electron chi connectivity index (χ4n) is 2.98. The van der Waals surface area contributed by atoms with E-state index in [0.29, 0.717) is 4.90 Å². The van der Waals surface area contributed by atoms with Crippen LogP contribution in [0.15, 0.2) is 0 Å². The summed E-state index contributed by atoms with van der Waals surface area (Å²) in [6, 6.07) is -1.75. The molecule has 0 aromatic heterocycles. The van der Waals surface area contributed by atoms with Gasteiger partial charge in [-0.05, 0) is 40.0 Å². The Balaban J connectivity index is 6.32. The molecule has 16 heteroatoms. The lowest BCUT2D eigenvalue weighted by atomic mass is 9.98. The molecule has 0 fully saturated rings. The first-order valence-electron chi connectivity index (χ1n) is 10.9. The van der Waals surface area contributed by atoms with Crippen molar-refractivity contribution in [1.82, 2.24) is 4.90 Å². The molecule has 214 valence electrons. The normalized spacial score (nSPS) is 16.3. The molecule has 0 saturated carbocycles. The van der Waals surface area contributed by atoms with Crippen molar-refractivity contribution < 1.29 is 62.8 Å². The molecule has 0 saturated heterocycles. The maximum absolute atomic E-state index is 14.3. The van der Waals surface area contributed by atoms with Gasteiger partial charge < -0.3 is 14.4 Å². The van der Waals surface area contributed by atoms with Gasteiger partial charge in [-0.25, -0.2) is 0 Å². The third kappa shape index (κ3) is 7.43. The highest BCUT2D eigenvalue weighted by Crippen LogP contribution is 2.42. The number of carbonyl (C=O) groups is 2. The number of rotatable bonds is 13. The van der Waals surface area contributed by atoms with Crippen LogP contribution in [0.2, 0.25) is 0 Å². The zero-order valence-corrected chi connectivity index (χ0v) is 21.6. The van der Waals surface area contributed by atoms with Crippen LogP contribution in [0.5, 0.6) is 0 Å². The summed E-state index contributed by atoms with van der Waals surface area (Å²) in [5, 5.41) is -5.94. The molecule has 36 heavy (non-hydrogen) atoms. The monoisotopic (exact) mass is 563 g/mol. The Hall–Kier alpha value is -1.68. The quantitative estimate of drug-likeness (QED) is 0.114. The fraction of sp³-hybridized carbons (Fsp3) is 0.900. The average Bonchev–Trinajstić information content (AvgIpc) is 2.66. The van der Waals surface area contributed by atoms with Gasteiger partial charge in [-0.2, -0.15) is 39.2 Å². The number of amides is 1. The number of nitrogens with zero attached hydrogens (tertiary/aromatic N) is 1. The molecule has 1 N–H and O–H groups in total. The van der Waals surface area contributed by atoms with Crippen LogP contribution >= 0.6 is 0 Å². The lowest BCUT2D eigenvalue weighted by Crippen LogP contribution is -2.64. The second-order valence-corrected chi connectivity index (χ2v) is 10.6. The Bertz CT molecular complexity index is 868. The Kier molecular flexibility index (Phi) is 11.2. The lowest BCUT2D eigenvalue weighted by molar-refractivity contribution is -0.354. The first kappa shape index (κ1) is 34.3. The number of esters is 1. The van der Waals surface area contributed by atoms with Crippen LogP contribution in [0.25, 0.3) is 0 Å². The van der Waals surface area contributed by atoms with Gasteiger partial charge in [-0.15, -0.1) is 0 Å². The highest BCUT2D eigenvalue weighted by molar-refractivity contribution is 7.87. The molecule has 0 radical (unpaired) electrons. The van der Waals surface area contributed by atoms with Gasteiger partial charge in [0.1, 0.15) is 0 Å². The first-order chi connectivity index (χ1) is 15.9. The zero-order chi connectivity index (χ0) is 29.1. The minimum atomic E-state index is -6.56. The van der Waals surface area contributed by atoms with E-state index >= 15 is 0 Å². The van der Waals surface area contributed by atoms with Crippen molar-refractivity contribution >= 4 is 22.0 Å². The number of carbonyl (C=O) groups excluding carboxylic acids is 2. The van der Waals surface area contributed by atoms with E-state index in [1.165, 1.54) is 48.5 Å². The highest BCUT2D eigenvalue weighted by atomic mass is 32.2. The molecular weight excluding hydrogens is 531 g/mol. The third-order valence-electron chi connectivity index (χ3n) is 5.31. The van der Waals surface area contributed by atoms with E-state index in [0.717, 1.165) is 0 Å². The number of halogens is 7. The number of ether oxygens (including phenoxy) is 2. The Morgan fingerprint density at radius 1 is 0.889 bits per heavy atom. The van der Waals surface area contributed by atoms with Gasteiger partial charge in [0.05, 0.1) is 12.5 Å². The van der Waals surface area contributed by atoms with E-state index < -0.39 is 88.5 Å². The predicted octanol–water partition coefficient (Wildman–Crippen LogP) is 4.64. The summed E-state index contributed by atoms with van der Waals surface area (Å²) < 4.78 is 136. The smallest absolute Gasteiger partial charge is 0.415 e. The van der Waals surface area contributed by atoms with E-state index in [-0.39, 0.29) is 0 Å².